The number of fused-ring (bicyclic) bond motifs is 1. The minimum absolute atomic E-state index is 0.0535. The van der Waals surface area contributed by atoms with Crippen molar-refractivity contribution >= 4 is 28.2 Å². The highest BCUT2D eigenvalue weighted by atomic mass is 19.1. The third kappa shape index (κ3) is 4.22. The third-order valence-corrected chi connectivity index (χ3v) is 5.77. The van der Waals surface area contributed by atoms with E-state index in [2.05, 4.69) is 27.0 Å². The molecule has 30 heavy (non-hydrogen) atoms. The van der Waals surface area contributed by atoms with E-state index in [1.54, 1.807) is 0 Å². The lowest BCUT2D eigenvalue weighted by Gasteiger charge is -2.37. The number of amides is 1. The normalized spacial score (nSPS) is 15.3. The molecule has 0 spiro atoms. The number of halogens is 1. The van der Waals surface area contributed by atoms with E-state index in [1.807, 2.05) is 49.5 Å². The summed E-state index contributed by atoms with van der Waals surface area (Å²) in [6.07, 6.45) is 2.72. The first kappa shape index (κ1) is 20.1. The number of piperazine rings is 1. The molecule has 0 unspecified atom stereocenters. The number of nitrogens with zero attached hydrogens (tertiary/aromatic N) is 3. The van der Waals surface area contributed by atoms with E-state index in [0.717, 1.165) is 54.9 Å². The number of benzene rings is 2. The molecular weight excluding hydrogens is 379 g/mol. The Labute approximate surface area is 176 Å². The second-order valence-corrected chi connectivity index (χ2v) is 7.80. The molecule has 3 aromatic rings. The van der Waals surface area contributed by atoms with E-state index in [1.165, 1.54) is 12.1 Å². The molecule has 5 nitrogen and oxygen atoms in total. The average Bonchev–Trinajstić information content (AvgIpc) is 2.79. The van der Waals surface area contributed by atoms with Crippen LogP contribution in [-0.2, 0) is 0 Å². The fourth-order valence-corrected chi connectivity index (χ4v) is 3.78. The van der Waals surface area contributed by atoms with Crippen molar-refractivity contribution in [2.24, 2.45) is 0 Å². The fraction of sp³-hybridized carbons (Fsp3) is 0.333. The summed E-state index contributed by atoms with van der Waals surface area (Å²) >= 11 is 0. The van der Waals surface area contributed by atoms with Crippen LogP contribution in [0.3, 0.4) is 0 Å². The molecule has 156 valence electrons. The van der Waals surface area contributed by atoms with Crippen LogP contribution in [0.15, 0.2) is 54.7 Å². The second-order valence-electron chi connectivity index (χ2n) is 7.80. The lowest BCUT2D eigenvalue weighted by molar-refractivity contribution is 0.0939. The zero-order valence-electron chi connectivity index (χ0n) is 17.4. The Hall–Kier alpha value is -3.15. The monoisotopic (exact) mass is 406 g/mol. The lowest BCUT2D eigenvalue weighted by atomic mass is 10.1. The van der Waals surface area contributed by atoms with Gasteiger partial charge in [0.25, 0.3) is 5.91 Å². The molecule has 1 amide bonds. The zero-order chi connectivity index (χ0) is 21.1. The molecule has 4 rings (SSSR count). The Kier molecular flexibility index (Phi) is 5.84. The molecule has 2 aromatic carbocycles. The second kappa shape index (κ2) is 8.69. The zero-order valence-corrected chi connectivity index (χ0v) is 17.4. The van der Waals surface area contributed by atoms with Crippen molar-refractivity contribution in [3.63, 3.8) is 0 Å². The number of hydrogen-bond acceptors (Lipinski definition) is 4. The van der Waals surface area contributed by atoms with E-state index in [9.17, 15) is 9.18 Å². The minimum Gasteiger partial charge on any atom is -0.368 e. The third-order valence-electron chi connectivity index (χ3n) is 5.77. The molecule has 1 aliphatic rings. The summed E-state index contributed by atoms with van der Waals surface area (Å²) in [6, 6.07) is 14.6. The van der Waals surface area contributed by atoms with Crippen molar-refractivity contribution in [2.75, 3.05) is 36.0 Å². The maximum Gasteiger partial charge on any atom is 0.251 e. The summed E-state index contributed by atoms with van der Waals surface area (Å²) in [7, 11) is 0. The molecule has 1 N–H and O–H groups in total. The minimum atomic E-state index is -0.217. The molecule has 1 aliphatic heterocycles. The van der Waals surface area contributed by atoms with Crippen LogP contribution in [0.2, 0.25) is 0 Å². The molecule has 1 fully saturated rings. The first-order valence-electron chi connectivity index (χ1n) is 10.5. The first-order chi connectivity index (χ1) is 14.5. The number of hydrogen-bond donors (Lipinski definition) is 1. The summed E-state index contributed by atoms with van der Waals surface area (Å²) < 4.78 is 13.2. The highest BCUT2D eigenvalue weighted by Gasteiger charge is 2.20. The fourth-order valence-electron chi connectivity index (χ4n) is 3.78. The van der Waals surface area contributed by atoms with Gasteiger partial charge in [-0.1, -0.05) is 13.0 Å². The van der Waals surface area contributed by atoms with Crippen molar-refractivity contribution in [3.8, 4) is 0 Å². The maximum atomic E-state index is 13.2. The van der Waals surface area contributed by atoms with E-state index >= 15 is 0 Å². The van der Waals surface area contributed by atoms with Crippen LogP contribution >= 0.6 is 0 Å². The largest absolute Gasteiger partial charge is 0.368 e. The quantitative estimate of drug-likeness (QED) is 0.689. The van der Waals surface area contributed by atoms with E-state index < -0.39 is 0 Å². The Morgan fingerprint density at radius 2 is 1.77 bits per heavy atom. The molecule has 0 saturated carbocycles. The van der Waals surface area contributed by atoms with Gasteiger partial charge in [-0.3, -0.25) is 4.79 Å². The maximum absolute atomic E-state index is 13.2. The Morgan fingerprint density at radius 3 is 2.47 bits per heavy atom. The summed E-state index contributed by atoms with van der Waals surface area (Å²) in [4.78, 5) is 21.8. The summed E-state index contributed by atoms with van der Waals surface area (Å²) in [5.41, 5.74) is 1.69. The highest BCUT2D eigenvalue weighted by molar-refractivity contribution is 6.01. The van der Waals surface area contributed by atoms with Gasteiger partial charge >= 0.3 is 0 Å². The Bertz CT molecular complexity index is 1030. The number of carbonyl (C=O) groups excluding carboxylic acids is 1. The Morgan fingerprint density at radius 1 is 1.07 bits per heavy atom. The van der Waals surface area contributed by atoms with E-state index in [0.29, 0.717) is 5.56 Å². The van der Waals surface area contributed by atoms with Gasteiger partial charge in [0.1, 0.15) is 11.6 Å². The topological polar surface area (TPSA) is 48.5 Å². The Balaban J connectivity index is 1.54. The highest BCUT2D eigenvalue weighted by Crippen LogP contribution is 2.27. The van der Waals surface area contributed by atoms with Gasteiger partial charge < -0.3 is 15.1 Å². The van der Waals surface area contributed by atoms with Crippen molar-refractivity contribution in [1.82, 2.24) is 10.3 Å². The smallest absolute Gasteiger partial charge is 0.251 e. The molecule has 1 atom stereocenters. The van der Waals surface area contributed by atoms with Crippen molar-refractivity contribution < 1.29 is 9.18 Å². The van der Waals surface area contributed by atoms with Crippen molar-refractivity contribution in [3.05, 3.63) is 66.1 Å². The van der Waals surface area contributed by atoms with Crippen LogP contribution in [0, 0.1) is 5.82 Å². The summed E-state index contributed by atoms with van der Waals surface area (Å²) in [6.45, 7) is 7.35. The summed E-state index contributed by atoms with van der Waals surface area (Å²) in [5.74, 6) is 0.636. The number of nitrogens with one attached hydrogen (secondary N) is 1. The van der Waals surface area contributed by atoms with Crippen LogP contribution in [0.25, 0.3) is 10.8 Å². The number of aromatic nitrogens is 1. The van der Waals surface area contributed by atoms with Gasteiger partial charge in [-0.2, -0.15) is 0 Å². The first-order valence-corrected chi connectivity index (χ1v) is 10.5. The van der Waals surface area contributed by atoms with Gasteiger partial charge in [0.2, 0.25) is 0 Å². The number of pyridine rings is 1. The van der Waals surface area contributed by atoms with E-state index in [4.69, 9.17) is 0 Å². The van der Waals surface area contributed by atoms with Gasteiger partial charge in [0.15, 0.2) is 0 Å². The van der Waals surface area contributed by atoms with Crippen molar-refractivity contribution in [1.29, 1.82) is 0 Å². The number of carbonyl (C=O) groups is 1. The van der Waals surface area contributed by atoms with Gasteiger partial charge in [-0.05, 0) is 61.2 Å². The van der Waals surface area contributed by atoms with Gasteiger partial charge in [-0.25, -0.2) is 9.37 Å². The molecule has 0 aliphatic carbocycles. The van der Waals surface area contributed by atoms with Crippen LogP contribution in [0.1, 0.15) is 30.6 Å². The van der Waals surface area contributed by atoms with Gasteiger partial charge in [0, 0.05) is 55.1 Å². The average molecular weight is 407 g/mol. The number of rotatable bonds is 5. The van der Waals surface area contributed by atoms with Crippen molar-refractivity contribution in [2.45, 2.75) is 26.3 Å². The molecule has 1 aromatic heterocycles. The summed E-state index contributed by atoms with van der Waals surface area (Å²) in [5, 5.41) is 5.09. The molecular formula is C24H27FN4O. The standard InChI is InChI=1S/C24H27FN4O/c1-3-17(2)27-24(30)19-5-4-18-10-11-26-23(22(18)16-19)29-14-12-28(13-15-29)21-8-6-20(25)7-9-21/h4-11,16-17H,3,12-15H2,1-2H3,(H,27,30)/t17-/m0/s1. The van der Waals surface area contributed by atoms with Gasteiger partial charge in [0.05, 0.1) is 0 Å². The van der Waals surface area contributed by atoms with Crippen LogP contribution in [0.5, 0.6) is 0 Å². The predicted molar refractivity (Wildman–Crippen MR) is 120 cm³/mol. The molecule has 6 heteroatoms. The molecule has 0 bridgehead atoms. The van der Waals surface area contributed by atoms with E-state index in [-0.39, 0.29) is 17.8 Å². The SMILES string of the molecule is CC[C@H](C)NC(=O)c1ccc2ccnc(N3CCN(c4ccc(F)cc4)CC3)c2c1. The van der Waals surface area contributed by atoms with Crippen LogP contribution in [0.4, 0.5) is 15.9 Å². The van der Waals surface area contributed by atoms with Crippen LogP contribution < -0.4 is 15.1 Å². The van der Waals surface area contributed by atoms with Gasteiger partial charge in [-0.15, -0.1) is 0 Å². The lowest BCUT2D eigenvalue weighted by Crippen LogP contribution is -2.46. The molecule has 2 heterocycles. The molecule has 1 saturated heterocycles. The van der Waals surface area contributed by atoms with Crippen LogP contribution in [-0.4, -0.2) is 43.1 Å². The number of anilines is 2. The molecule has 0 radical (unpaired) electrons. The predicted octanol–water partition coefficient (Wildman–Crippen LogP) is 4.23.